The van der Waals surface area contributed by atoms with Crippen molar-refractivity contribution in [2.75, 3.05) is 13.7 Å². The summed E-state index contributed by atoms with van der Waals surface area (Å²) >= 11 is 0. The summed E-state index contributed by atoms with van der Waals surface area (Å²) in [4.78, 5) is 4.37. The molecule has 0 bridgehead atoms. The molecule has 19 heavy (non-hydrogen) atoms. The van der Waals surface area contributed by atoms with Gasteiger partial charge in [0.1, 0.15) is 5.75 Å². The van der Waals surface area contributed by atoms with Crippen molar-refractivity contribution in [3.05, 3.63) is 59.4 Å². The van der Waals surface area contributed by atoms with Crippen molar-refractivity contribution in [2.45, 2.75) is 19.9 Å². The summed E-state index contributed by atoms with van der Waals surface area (Å²) in [5, 5.41) is 3.40. The number of benzene rings is 1. The molecule has 0 spiro atoms. The van der Waals surface area contributed by atoms with E-state index in [-0.39, 0.29) is 0 Å². The van der Waals surface area contributed by atoms with E-state index < -0.39 is 0 Å². The second-order valence-corrected chi connectivity index (χ2v) is 4.57. The van der Waals surface area contributed by atoms with Crippen LogP contribution in [0.15, 0.2) is 42.6 Å². The van der Waals surface area contributed by atoms with Crippen LogP contribution < -0.4 is 10.1 Å². The molecule has 0 radical (unpaired) electrons. The summed E-state index contributed by atoms with van der Waals surface area (Å²) in [6.07, 6.45) is 2.85. The van der Waals surface area contributed by atoms with Gasteiger partial charge in [-0.3, -0.25) is 4.98 Å². The normalized spacial score (nSPS) is 10.4. The van der Waals surface area contributed by atoms with Crippen LogP contribution in [0.1, 0.15) is 16.8 Å². The van der Waals surface area contributed by atoms with Crippen molar-refractivity contribution < 1.29 is 4.74 Å². The molecule has 100 valence electrons. The Morgan fingerprint density at radius 1 is 1.16 bits per heavy atom. The zero-order chi connectivity index (χ0) is 13.5. The first-order valence-electron chi connectivity index (χ1n) is 6.54. The lowest BCUT2D eigenvalue weighted by molar-refractivity contribution is 0.409. The Labute approximate surface area is 114 Å². The molecule has 0 fully saturated rings. The Balaban J connectivity index is 1.79. The lowest BCUT2D eigenvalue weighted by atomic mass is 10.1. The number of nitrogens with one attached hydrogen (secondary N) is 1. The molecule has 0 unspecified atom stereocenters. The third kappa shape index (κ3) is 4.07. The highest BCUT2D eigenvalue weighted by molar-refractivity contribution is 5.33. The number of aryl methyl sites for hydroxylation is 1. The predicted molar refractivity (Wildman–Crippen MR) is 77.4 cm³/mol. The van der Waals surface area contributed by atoms with Crippen LogP contribution in [0.25, 0.3) is 0 Å². The van der Waals surface area contributed by atoms with Gasteiger partial charge in [0.2, 0.25) is 0 Å². The fourth-order valence-corrected chi connectivity index (χ4v) is 1.95. The topological polar surface area (TPSA) is 34.1 Å². The molecule has 0 atom stereocenters. The minimum Gasteiger partial charge on any atom is -0.496 e. The molecule has 1 heterocycles. The van der Waals surface area contributed by atoms with Crippen molar-refractivity contribution in [3.63, 3.8) is 0 Å². The lowest BCUT2D eigenvalue weighted by Gasteiger charge is -2.08. The second kappa shape index (κ2) is 6.90. The first-order chi connectivity index (χ1) is 9.29. The maximum Gasteiger partial charge on any atom is 0.122 e. The van der Waals surface area contributed by atoms with E-state index in [1.165, 1.54) is 11.1 Å². The smallest absolute Gasteiger partial charge is 0.122 e. The van der Waals surface area contributed by atoms with Gasteiger partial charge in [-0.2, -0.15) is 0 Å². The number of rotatable bonds is 6. The summed E-state index contributed by atoms with van der Waals surface area (Å²) in [5.41, 5.74) is 3.50. The molecule has 0 amide bonds. The Kier molecular flexibility index (Phi) is 4.93. The van der Waals surface area contributed by atoms with Gasteiger partial charge in [0.15, 0.2) is 0 Å². The van der Waals surface area contributed by atoms with Crippen LogP contribution in [0.5, 0.6) is 5.75 Å². The quantitative estimate of drug-likeness (QED) is 0.807. The highest BCUT2D eigenvalue weighted by atomic mass is 16.5. The number of pyridine rings is 1. The van der Waals surface area contributed by atoms with Gasteiger partial charge in [0, 0.05) is 12.7 Å². The van der Waals surface area contributed by atoms with Gasteiger partial charge in [-0.1, -0.05) is 24.3 Å². The van der Waals surface area contributed by atoms with Crippen LogP contribution in [0.2, 0.25) is 0 Å². The van der Waals surface area contributed by atoms with Crippen molar-refractivity contribution in [1.82, 2.24) is 10.3 Å². The largest absolute Gasteiger partial charge is 0.496 e. The molecular formula is C16H20N2O. The maximum atomic E-state index is 5.33. The zero-order valence-corrected chi connectivity index (χ0v) is 11.5. The second-order valence-electron chi connectivity index (χ2n) is 4.57. The molecule has 1 N–H and O–H groups in total. The maximum absolute atomic E-state index is 5.33. The van der Waals surface area contributed by atoms with Gasteiger partial charge >= 0.3 is 0 Å². The first-order valence-corrected chi connectivity index (χ1v) is 6.54. The van der Waals surface area contributed by atoms with Gasteiger partial charge in [0.25, 0.3) is 0 Å². The van der Waals surface area contributed by atoms with E-state index in [1.807, 2.05) is 31.3 Å². The highest BCUT2D eigenvalue weighted by Crippen LogP contribution is 2.17. The predicted octanol–water partition coefficient (Wildman–Crippen LogP) is 2.73. The number of nitrogens with zero attached hydrogens (tertiary/aromatic N) is 1. The highest BCUT2D eigenvalue weighted by Gasteiger charge is 2.01. The van der Waals surface area contributed by atoms with Crippen molar-refractivity contribution >= 4 is 0 Å². The van der Waals surface area contributed by atoms with Crippen LogP contribution in [0.3, 0.4) is 0 Å². The molecule has 0 aliphatic heterocycles. The molecule has 0 saturated carbocycles. The Morgan fingerprint density at radius 2 is 2.00 bits per heavy atom. The number of hydrogen-bond donors (Lipinski definition) is 1. The summed E-state index contributed by atoms with van der Waals surface area (Å²) in [5.74, 6) is 0.956. The average Bonchev–Trinajstić information content (AvgIpc) is 2.46. The minimum atomic E-state index is 0.801. The molecule has 0 aliphatic rings. The summed E-state index contributed by atoms with van der Waals surface area (Å²) in [6.45, 7) is 3.76. The SMILES string of the molecule is COc1ccccc1CCNCc1ccc(C)cn1. The number of para-hydroxylation sites is 1. The molecule has 0 aliphatic carbocycles. The van der Waals surface area contributed by atoms with E-state index in [0.717, 1.165) is 31.0 Å². The third-order valence-corrected chi connectivity index (χ3v) is 3.04. The standard InChI is InChI=1S/C16H20N2O/c1-13-7-8-15(18-11-13)12-17-10-9-14-5-3-4-6-16(14)19-2/h3-8,11,17H,9-10,12H2,1-2H3. The average molecular weight is 256 g/mol. The van der Waals surface area contributed by atoms with Crippen molar-refractivity contribution in [3.8, 4) is 5.75 Å². The van der Waals surface area contributed by atoms with Gasteiger partial charge in [-0.15, -0.1) is 0 Å². The Hall–Kier alpha value is -1.87. The molecular weight excluding hydrogens is 236 g/mol. The lowest BCUT2D eigenvalue weighted by Crippen LogP contribution is -2.17. The molecule has 1 aromatic heterocycles. The first kappa shape index (κ1) is 13.6. The molecule has 2 rings (SSSR count). The fraction of sp³-hybridized carbons (Fsp3) is 0.312. The van der Waals surface area contributed by atoms with Crippen LogP contribution in [0, 0.1) is 6.92 Å². The minimum absolute atomic E-state index is 0.801. The zero-order valence-electron chi connectivity index (χ0n) is 11.5. The molecule has 3 nitrogen and oxygen atoms in total. The van der Waals surface area contributed by atoms with E-state index in [0.29, 0.717) is 0 Å². The molecule has 2 aromatic rings. The van der Waals surface area contributed by atoms with E-state index >= 15 is 0 Å². The fourth-order valence-electron chi connectivity index (χ4n) is 1.95. The van der Waals surface area contributed by atoms with Crippen molar-refractivity contribution in [2.24, 2.45) is 0 Å². The molecule has 3 heteroatoms. The van der Waals surface area contributed by atoms with Gasteiger partial charge in [0.05, 0.1) is 12.8 Å². The summed E-state index contributed by atoms with van der Waals surface area (Å²) in [6, 6.07) is 12.3. The van der Waals surface area contributed by atoms with Gasteiger partial charge < -0.3 is 10.1 Å². The number of aromatic nitrogens is 1. The number of methoxy groups -OCH3 is 1. The van der Waals surface area contributed by atoms with Gasteiger partial charge in [-0.05, 0) is 43.1 Å². The van der Waals surface area contributed by atoms with Crippen LogP contribution in [0.4, 0.5) is 0 Å². The Bertz CT molecular complexity index is 508. The van der Waals surface area contributed by atoms with Gasteiger partial charge in [-0.25, -0.2) is 0 Å². The summed E-state index contributed by atoms with van der Waals surface area (Å²) in [7, 11) is 1.71. The van der Waals surface area contributed by atoms with Crippen LogP contribution in [-0.2, 0) is 13.0 Å². The van der Waals surface area contributed by atoms with Crippen LogP contribution >= 0.6 is 0 Å². The third-order valence-electron chi connectivity index (χ3n) is 3.04. The number of hydrogen-bond acceptors (Lipinski definition) is 3. The van der Waals surface area contributed by atoms with E-state index in [4.69, 9.17) is 4.74 Å². The molecule has 1 aromatic carbocycles. The number of ether oxygens (including phenoxy) is 1. The van der Waals surface area contributed by atoms with E-state index in [9.17, 15) is 0 Å². The van der Waals surface area contributed by atoms with Crippen LogP contribution in [-0.4, -0.2) is 18.6 Å². The van der Waals surface area contributed by atoms with Crippen molar-refractivity contribution in [1.29, 1.82) is 0 Å². The monoisotopic (exact) mass is 256 g/mol. The van der Waals surface area contributed by atoms with E-state index in [1.54, 1.807) is 7.11 Å². The summed E-state index contributed by atoms with van der Waals surface area (Å²) < 4.78 is 5.33. The van der Waals surface area contributed by atoms with E-state index in [2.05, 4.69) is 28.5 Å². The Morgan fingerprint density at radius 3 is 2.74 bits per heavy atom. The molecule has 0 saturated heterocycles.